The smallest absolute Gasteiger partial charge is 0.253 e. The number of ether oxygens (including phenoxy) is 2. The Labute approximate surface area is 149 Å². The van der Waals surface area contributed by atoms with Crippen LogP contribution in [0.15, 0.2) is 54.9 Å². The van der Waals surface area contributed by atoms with Crippen LogP contribution in [-0.4, -0.2) is 57.3 Å². The van der Waals surface area contributed by atoms with Gasteiger partial charge in [0, 0.05) is 12.6 Å². The average molecular weight is 351 g/mol. The molecular weight excluding hydrogens is 334 g/mol. The SMILES string of the molecule is CN(CC1COc2ccccc2O1)C(=O)c1ccc(-n2cnnn2)cc1. The van der Waals surface area contributed by atoms with Crippen LogP contribution in [0.4, 0.5) is 0 Å². The molecule has 4 rings (SSSR count). The molecule has 0 N–H and O–H groups in total. The maximum Gasteiger partial charge on any atom is 0.253 e. The number of amides is 1. The van der Waals surface area contributed by atoms with E-state index in [1.54, 1.807) is 36.2 Å². The predicted molar refractivity (Wildman–Crippen MR) is 92.5 cm³/mol. The summed E-state index contributed by atoms with van der Waals surface area (Å²) in [7, 11) is 1.75. The number of aromatic nitrogens is 4. The Kier molecular flexibility index (Phi) is 4.22. The zero-order chi connectivity index (χ0) is 17.9. The van der Waals surface area contributed by atoms with Crippen molar-refractivity contribution < 1.29 is 14.3 Å². The number of likely N-dealkylation sites (N-methyl/N-ethyl adjacent to an activating group) is 1. The van der Waals surface area contributed by atoms with Crippen LogP contribution in [0.1, 0.15) is 10.4 Å². The summed E-state index contributed by atoms with van der Waals surface area (Å²) >= 11 is 0. The molecule has 2 heterocycles. The number of benzene rings is 2. The molecule has 132 valence electrons. The lowest BCUT2D eigenvalue weighted by Crippen LogP contribution is -2.41. The first-order valence-corrected chi connectivity index (χ1v) is 8.18. The summed E-state index contributed by atoms with van der Waals surface area (Å²) in [6.45, 7) is 0.842. The van der Waals surface area contributed by atoms with Crippen molar-refractivity contribution in [3.8, 4) is 17.2 Å². The lowest BCUT2D eigenvalue weighted by molar-refractivity contribution is 0.0521. The Morgan fingerprint density at radius 1 is 1.19 bits per heavy atom. The van der Waals surface area contributed by atoms with Crippen molar-refractivity contribution in [1.29, 1.82) is 0 Å². The van der Waals surface area contributed by atoms with E-state index in [4.69, 9.17) is 9.47 Å². The molecule has 0 bridgehead atoms. The van der Waals surface area contributed by atoms with Crippen molar-refractivity contribution in [3.05, 3.63) is 60.4 Å². The third-order valence-corrected chi connectivity index (χ3v) is 4.12. The molecule has 8 heteroatoms. The number of carbonyl (C=O) groups excluding carboxylic acids is 1. The Morgan fingerprint density at radius 3 is 2.69 bits per heavy atom. The van der Waals surface area contributed by atoms with Gasteiger partial charge in [0.2, 0.25) is 0 Å². The highest BCUT2D eigenvalue weighted by Crippen LogP contribution is 2.31. The van der Waals surface area contributed by atoms with Gasteiger partial charge in [-0.2, -0.15) is 0 Å². The van der Waals surface area contributed by atoms with E-state index in [0.29, 0.717) is 24.5 Å². The standard InChI is InChI=1S/C18H17N5O3/c1-22(10-15-11-25-16-4-2-3-5-17(16)26-15)18(24)13-6-8-14(9-7-13)23-12-19-20-21-23/h2-9,12,15H,10-11H2,1H3. The molecule has 0 saturated carbocycles. The molecule has 0 radical (unpaired) electrons. The summed E-state index contributed by atoms with van der Waals surface area (Å²) in [4.78, 5) is 14.3. The molecule has 1 aliphatic rings. The molecule has 1 aromatic heterocycles. The third kappa shape index (κ3) is 3.21. The van der Waals surface area contributed by atoms with Gasteiger partial charge in [-0.25, -0.2) is 4.68 Å². The van der Waals surface area contributed by atoms with E-state index < -0.39 is 0 Å². The number of tetrazole rings is 1. The number of para-hydroxylation sites is 2. The van der Waals surface area contributed by atoms with E-state index in [-0.39, 0.29) is 12.0 Å². The topological polar surface area (TPSA) is 82.4 Å². The number of fused-ring (bicyclic) bond motifs is 1. The summed E-state index contributed by atoms with van der Waals surface area (Å²) < 4.78 is 13.1. The monoisotopic (exact) mass is 351 g/mol. The largest absolute Gasteiger partial charge is 0.486 e. The fourth-order valence-corrected chi connectivity index (χ4v) is 2.80. The van der Waals surface area contributed by atoms with E-state index in [2.05, 4.69) is 15.5 Å². The maximum atomic E-state index is 12.6. The van der Waals surface area contributed by atoms with E-state index in [0.717, 1.165) is 11.4 Å². The number of hydrogen-bond acceptors (Lipinski definition) is 6. The van der Waals surface area contributed by atoms with Crippen LogP contribution in [0.3, 0.4) is 0 Å². The highest BCUT2D eigenvalue weighted by atomic mass is 16.6. The molecule has 26 heavy (non-hydrogen) atoms. The first kappa shape index (κ1) is 16.1. The number of carbonyl (C=O) groups is 1. The maximum absolute atomic E-state index is 12.6. The molecule has 0 spiro atoms. The molecule has 2 aromatic carbocycles. The van der Waals surface area contributed by atoms with Gasteiger partial charge in [-0.1, -0.05) is 12.1 Å². The number of hydrogen-bond donors (Lipinski definition) is 0. The van der Waals surface area contributed by atoms with Gasteiger partial charge in [0.05, 0.1) is 12.2 Å². The molecule has 3 aromatic rings. The first-order chi connectivity index (χ1) is 12.7. The highest BCUT2D eigenvalue weighted by molar-refractivity contribution is 5.94. The normalized spacial score (nSPS) is 15.5. The number of nitrogens with zero attached hydrogens (tertiary/aromatic N) is 5. The predicted octanol–water partition coefficient (Wildman–Crippen LogP) is 1.57. The summed E-state index contributed by atoms with van der Waals surface area (Å²) in [6.07, 6.45) is 1.29. The van der Waals surface area contributed by atoms with Crippen LogP contribution >= 0.6 is 0 Å². The van der Waals surface area contributed by atoms with E-state index in [9.17, 15) is 4.79 Å². The molecule has 1 atom stereocenters. The fourth-order valence-electron chi connectivity index (χ4n) is 2.80. The van der Waals surface area contributed by atoms with E-state index >= 15 is 0 Å². The average Bonchev–Trinajstić information content (AvgIpc) is 3.22. The van der Waals surface area contributed by atoms with Crippen molar-refractivity contribution in [2.24, 2.45) is 0 Å². The van der Waals surface area contributed by atoms with Gasteiger partial charge in [0.15, 0.2) is 17.6 Å². The minimum atomic E-state index is -0.209. The third-order valence-electron chi connectivity index (χ3n) is 4.12. The minimum absolute atomic E-state index is 0.0873. The zero-order valence-electron chi connectivity index (χ0n) is 14.1. The second-order valence-electron chi connectivity index (χ2n) is 5.98. The first-order valence-electron chi connectivity index (χ1n) is 8.18. The fraction of sp³-hybridized carbons (Fsp3) is 0.222. The van der Waals surface area contributed by atoms with Crippen molar-refractivity contribution in [3.63, 3.8) is 0 Å². The molecule has 8 nitrogen and oxygen atoms in total. The van der Waals surface area contributed by atoms with Crippen LogP contribution in [0.2, 0.25) is 0 Å². The van der Waals surface area contributed by atoms with Gasteiger partial charge in [0.1, 0.15) is 12.9 Å². The van der Waals surface area contributed by atoms with Gasteiger partial charge < -0.3 is 14.4 Å². The van der Waals surface area contributed by atoms with E-state index in [1.165, 1.54) is 11.0 Å². The van der Waals surface area contributed by atoms with Crippen LogP contribution in [0.5, 0.6) is 11.5 Å². The van der Waals surface area contributed by atoms with Gasteiger partial charge in [-0.05, 0) is 46.8 Å². The van der Waals surface area contributed by atoms with Crippen molar-refractivity contribution in [2.45, 2.75) is 6.10 Å². The Bertz CT molecular complexity index is 895. The van der Waals surface area contributed by atoms with Gasteiger partial charge in [-0.15, -0.1) is 5.10 Å². The molecule has 0 aliphatic carbocycles. The van der Waals surface area contributed by atoms with Crippen LogP contribution < -0.4 is 9.47 Å². The molecule has 0 saturated heterocycles. The van der Waals surface area contributed by atoms with E-state index in [1.807, 2.05) is 24.3 Å². The molecule has 0 fully saturated rings. The summed E-state index contributed by atoms with van der Waals surface area (Å²) in [5.41, 5.74) is 1.37. The second kappa shape index (κ2) is 6.83. The number of rotatable bonds is 4. The lowest BCUT2D eigenvalue weighted by atomic mass is 10.1. The van der Waals surface area contributed by atoms with Crippen molar-refractivity contribution >= 4 is 5.91 Å². The lowest BCUT2D eigenvalue weighted by Gasteiger charge is -2.29. The second-order valence-corrected chi connectivity index (χ2v) is 5.98. The van der Waals surface area contributed by atoms with Crippen LogP contribution in [-0.2, 0) is 0 Å². The quantitative estimate of drug-likeness (QED) is 0.710. The summed E-state index contributed by atoms with van der Waals surface area (Å²) in [5.74, 6) is 1.35. The molecule has 1 aliphatic heterocycles. The van der Waals surface area contributed by atoms with Crippen molar-refractivity contribution in [2.75, 3.05) is 20.2 Å². The molecule has 1 unspecified atom stereocenters. The van der Waals surface area contributed by atoms with Gasteiger partial charge >= 0.3 is 0 Å². The van der Waals surface area contributed by atoms with Gasteiger partial charge in [0.25, 0.3) is 5.91 Å². The Balaban J connectivity index is 1.40. The Hall–Kier alpha value is -3.42. The zero-order valence-corrected chi connectivity index (χ0v) is 14.1. The van der Waals surface area contributed by atoms with Gasteiger partial charge in [-0.3, -0.25) is 4.79 Å². The Morgan fingerprint density at radius 2 is 1.96 bits per heavy atom. The minimum Gasteiger partial charge on any atom is -0.486 e. The van der Waals surface area contributed by atoms with Crippen LogP contribution in [0, 0.1) is 0 Å². The summed E-state index contributed by atoms with van der Waals surface area (Å²) in [5, 5.41) is 11.0. The highest BCUT2D eigenvalue weighted by Gasteiger charge is 2.24. The molecule has 1 amide bonds. The van der Waals surface area contributed by atoms with Crippen molar-refractivity contribution in [1.82, 2.24) is 25.1 Å². The summed E-state index contributed by atoms with van der Waals surface area (Å²) in [6, 6.07) is 14.6. The molecular formula is C18H17N5O3. The van der Waals surface area contributed by atoms with Crippen LogP contribution in [0.25, 0.3) is 5.69 Å².